The van der Waals surface area contributed by atoms with Crippen molar-refractivity contribution in [2.45, 2.75) is 52.0 Å². The maximum absolute atomic E-state index is 13.0. The number of amides is 1. The van der Waals surface area contributed by atoms with E-state index in [9.17, 15) is 4.79 Å². The normalized spacial score (nSPS) is 16.1. The number of hydrogen-bond donors (Lipinski definition) is 1. The van der Waals surface area contributed by atoms with Crippen LogP contribution in [0.1, 0.15) is 51.0 Å². The van der Waals surface area contributed by atoms with E-state index in [1.165, 1.54) is 36.0 Å². The standard InChI is InChI=1S/C30H33N5O3S/c1-3-4-5-6-7-15-27-33-35-28(31)25(29(36)32-30(35)39-27)18-21-20-34(26-14-9-8-13-24(21)26)16-17-38-23-12-10-11-22(19-23)37-2/h8-14,18-20,31H,3-7,15-17H2,1-2H3/b25-18-,31-28?. The molecule has 8 nitrogen and oxygen atoms in total. The van der Waals surface area contributed by atoms with Crippen LogP contribution in [-0.4, -0.2) is 45.2 Å². The summed E-state index contributed by atoms with van der Waals surface area (Å²) in [5.74, 6) is 1.15. The van der Waals surface area contributed by atoms with Crippen LogP contribution in [0.4, 0.5) is 0 Å². The summed E-state index contributed by atoms with van der Waals surface area (Å²) in [6, 6.07) is 15.6. The van der Waals surface area contributed by atoms with Gasteiger partial charge in [-0.3, -0.25) is 10.2 Å². The van der Waals surface area contributed by atoms with Crippen LogP contribution < -0.4 is 9.47 Å². The average Bonchev–Trinajstić information content (AvgIpc) is 3.52. The van der Waals surface area contributed by atoms with Gasteiger partial charge < -0.3 is 14.0 Å². The van der Waals surface area contributed by atoms with E-state index >= 15 is 0 Å². The molecule has 0 saturated heterocycles. The molecule has 202 valence electrons. The molecular weight excluding hydrogens is 510 g/mol. The van der Waals surface area contributed by atoms with E-state index in [4.69, 9.17) is 14.9 Å². The van der Waals surface area contributed by atoms with E-state index in [1.807, 2.05) is 54.7 Å². The lowest BCUT2D eigenvalue weighted by atomic mass is 10.1. The van der Waals surface area contributed by atoms with E-state index in [2.05, 4.69) is 21.6 Å². The van der Waals surface area contributed by atoms with Crippen molar-refractivity contribution in [3.8, 4) is 11.5 Å². The number of nitrogens with zero attached hydrogens (tertiary/aromatic N) is 4. The summed E-state index contributed by atoms with van der Waals surface area (Å²) in [5, 5.41) is 17.3. The monoisotopic (exact) mass is 543 g/mol. The van der Waals surface area contributed by atoms with Crippen molar-refractivity contribution in [1.82, 2.24) is 9.58 Å². The minimum Gasteiger partial charge on any atom is -0.497 e. The van der Waals surface area contributed by atoms with Gasteiger partial charge in [0.15, 0.2) is 5.84 Å². The molecule has 0 saturated carbocycles. The zero-order valence-electron chi connectivity index (χ0n) is 22.4. The molecule has 0 spiro atoms. The van der Waals surface area contributed by atoms with Gasteiger partial charge in [-0.15, -0.1) is 0 Å². The Labute approximate surface area is 232 Å². The third-order valence-electron chi connectivity index (χ3n) is 6.75. The van der Waals surface area contributed by atoms with Gasteiger partial charge in [-0.25, -0.2) is 0 Å². The van der Waals surface area contributed by atoms with Crippen LogP contribution in [0.5, 0.6) is 11.5 Å². The maximum Gasteiger partial charge on any atom is 0.283 e. The zero-order chi connectivity index (χ0) is 27.2. The summed E-state index contributed by atoms with van der Waals surface area (Å²) in [7, 11) is 1.63. The van der Waals surface area contributed by atoms with Crippen molar-refractivity contribution in [3.05, 3.63) is 65.9 Å². The number of para-hydroxylation sites is 1. The molecule has 0 fully saturated rings. The molecule has 0 unspecified atom stereocenters. The average molecular weight is 544 g/mol. The number of carbonyl (C=O) groups excluding carboxylic acids is 1. The van der Waals surface area contributed by atoms with Crippen LogP contribution in [0.25, 0.3) is 17.0 Å². The Morgan fingerprint density at radius 2 is 1.87 bits per heavy atom. The number of carbonyl (C=O) groups is 1. The Bertz CT molecular complexity index is 1470. The maximum atomic E-state index is 13.0. The molecule has 0 bridgehead atoms. The molecule has 9 heteroatoms. The molecule has 5 rings (SSSR count). The summed E-state index contributed by atoms with van der Waals surface area (Å²) >= 11 is 1.40. The largest absolute Gasteiger partial charge is 0.497 e. The summed E-state index contributed by atoms with van der Waals surface area (Å²) < 4.78 is 13.3. The number of hydrogen-bond acceptors (Lipinski definition) is 6. The smallest absolute Gasteiger partial charge is 0.283 e. The first-order valence-corrected chi connectivity index (χ1v) is 14.2. The van der Waals surface area contributed by atoms with Crippen LogP contribution in [0.3, 0.4) is 0 Å². The van der Waals surface area contributed by atoms with Gasteiger partial charge in [0, 0.05) is 28.7 Å². The highest BCUT2D eigenvalue weighted by atomic mass is 32.2. The number of hydrazone groups is 1. The second kappa shape index (κ2) is 12.3. The number of methoxy groups -OCH3 is 1. The fraction of sp³-hybridized carbons (Fsp3) is 0.333. The number of ether oxygens (including phenoxy) is 2. The van der Waals surface area contributed by atoms with Crippen LogP contribution >= 0.6 is 11.8 Å². The van der Waals surface area contributed by atoms with Gasteiger partial charge in [-0.1, -0.05) is 56.9 Å². The first kappa shape index (κ1) is 26.7. The topological polar surface area (TPSA) is 92.3 Å². The highest BCUT2D eigenvalue weighted by molar-refractivity contribution is 8.26. The molecule has 3 aromatic rings. The van der Waals surface area contributed by atoms with Gasteiger partial charge in [-0.2, -0.15) is 15.1 Å². The number of benzene rings is 2. The Morgan fingerprint density at radius 3 is 2.72 bits per heavy atom. The molecule has 0 aliphatic carbocycles. The number of thioether (sulfide) groups is 1. The quantitative estimate of drug-likeness (QED) is 0.202. The number of fused-ring (bicyclic) bond motifs is 2. The van der Waals surface area contributed by atoms with Gasteiger partial charge in [0.2, 0.25) is 5.17 Å². The van der Waals surface area contributed by atoms with Crippen LogP contribution in [-0.2, 0) is 11.3 Å². The van der Waals surface area contributed by atoms with Gasteiger partial charge in [0.1, 0.15) is 23.1 Å². The van der Waals surface area contributed by atoms with Crippen molar-refractivity contribution < 1.29 is 14.3 Å². The molecule has 3 heterocycles. The number of unbranched alkanes of at least 4 members (excludes halogenated alkanes) is 4. The number of nitrogens with one attached hydrogen (secondary N) is 1. The summed E-state index contributed by atoms with van der Waals surface area (Å²) in [5.41, 5.74) is 2.12. The van der Waals surface area contributed by atoms with Crippen molar-refractivity contribution in [2.24, 2.45) is 10.1 Å². The molecule has 1 amide bonds. The molecule has 39 heavy (non-hydrogen) atoms. The number of aliphatic imine (C=N–C) groups is 1. The minimum absolute atomic E-state index is 0.0664. The van der Waals surface area contributed by atoms with Gasteiger partial charge in [0.25, 0.3) is 5.91 Å². The lowest BCUT2D eigenvalue weighted by Crippen LogP contribution is -2.35. The number of amidine groups is 2. The van der Waals surface area contributed by atoms with Crippen LogP contribution in [0, 0.1) is 5.41 Å². The van der Waals surface area contributed by atoms with Gasteiger partial charge in [0.05, 0.1) is 19.2 Å². The van der Waals surface area contributed by atoms with Crippen molar-refractivity contribution in [2.75, 3.05) is 13.7 Å². The lowest BCUT2D eigenvalue weighted by molar-refractivity contribution is -0.114. The fourth-order valence-corrected chi connectivity index (χ4v) is 5.62. The van der Waals surface area contributed by atoms with Crippen LogP contribution in [0.2, 0.25) is 0 Å². The molecule has 2 aromatic carbocycles. The third-order valence-corrected chi connectivity index (χ3v) is 7.72. The Balaban J connectivity index is 1.32. The fourth-order valence-electron chi connectivity index (χ4n) is 4.70. The minimum atomic E-state index is -0.406. The second-order valence-electron chi connectivity index (χ2n) is 9.50. The van der Waals surface area contributed by atoms with E-state index < -0.39 is 5.91 Å². The van der Waals surface area contributed by atoms with Crippen LogP contribution in [0.15, 0.2) is 70.4 Å². The Hall–Kier alpha value is -3.85. The van der Waals surface area contributed by atoms with E-state index in [0.29, 0.717) is 18.3 Å². The molecule has 2 aliphatic heterocycles. The molecule has 1 N–H and O–H groups in total. The van der Waals surface area contributed by atoms with E-state index in [0.717, 1.165) is 52.3 Å². The molecule has 0 atom stereocenters. The second-order valence-corrected chi connectivity index (χ2v) is 10.5. The molecule has 0 radical (unpaired) electrons. The predicted molar refractivity (Wildman–Crippen MR) is 159 cm³/mol. The lowest BCUT2D eigenvalue weighted by Gasteiger charge is -2.20. The van der Waals surface area contributed by atoms with Crippen molar-refractivity contribution >= 4 is 50.7 Å². The third kappa shape index (κ3) is 6.09. The summed E-state index contributed by atoms with van der Waals surface area (Å²) in [6.45, 7) is 3.28. The van der Waals surface area contributed by atoms with Gasteiger partial charge >= 0.3 is 0 Å². The number of rotatable bonds is 12. The molecule has 2 aliphatic rings. The summed E-state index contributed by atoms with van der Waals surface area (Å²) in [6.07, 6.45) is 10.5. The van der Waals surface area contributed by atoms with Gasteiger partial charge in [-0.05, 0) is 48.9 Å². The molecular formula is C30H33N5O3S. The predicted octanol–water partition coefficient (Wildman–Crippen LogP) is 6.71. The molecule has 1 aromatic heterocycles. The van der Waals surface area contributed by atoms with Crippen molar-refractivity contribution in [1.29, 1.82) is 5.41 Å². The zero-order valence-corrected chi connectivity index (χ0v) is 23.2. The van der Waals surface area contributed by atoms with E-state index in [1.54, 1.807) is 13.2 Å². The van der Waals surface area contributed by atoms with Crippen molar-refractivity contribution in [3.63, 3.8) is 0 Å². The first-order valence-electron chi connectivity index (χ1n) is 13.4. The summed E-state index contributed by atoms with van der Waals surface area (Å²) in [4.78, 5) is 17.3. The van der Waals surface area contributed by atoms with E-state index in [-0.39, 0.29) is 11.4 Å². The first-order chi connectivity index (χ1) is 19.1. The highest BCUT2D eigenvalue weighted by Gasteiger charge is 2.35. The number of aromatic nitrogens is 1. The Morgan fingerprint density at radius 1 is 1.05 bits per heavy atom. The highest BCUT2D eigenvalue weighted by Crippen LogP contribution is 2.31. The Kier molecular flexibility index (Phi) is 8.46. The SMILES string of the molecule is CCCCCCCC1=NN2C(=N)/C(=C/c3cn(CCOc4cccc(OC)c4)c4ccccc34)C(=O)N=C2S1.